The minimum absolute atomic E-state index is 0.116. The van der Waals surface area contributed by atoms with Gasteiger partial charge in [-0.25, -0.2) is 0 Å². The molecule has 0 bridgehead atoms. The van der Waals surface area contributed by atoms with Gasteiger partial charge in [0.2, 0.25) is 0 Å². The molecule has 0 saturated heterocycles. The molecule has 0 amide bonds. The van der Waals surface area contributed by atoms with Gasteiger partial charge in [-0.1, -0.05) is 30.3 Å². The molecule has 1 atom stereocenters. The third-order valence-electron chi connectivity index (χ3n) is 2.16. The normalized spacial score (nSPS) is 12.3. The number of carboxylic acids is 1. The summed E-state index contributed by atoms with van der Waals surface area (Å²) in [5.74, 6) is -0.105. The molecule has 1 unspecified atom stereocenters. The maximum atomic E-state index is 11.0. The molecule has 0 aliphatic rings. The van der Waals surface area contributed by atoms with Crippen molar-refractivity contribution in [2.45, 2.75) is 18.1 Å². The van der Waals surface area contributed by atoms with Crippen molar-refractivity contribution in [3.8, 4) is 0 Å². The summed E-state index contributed by atoms with van der Waals surface area (Å²) in [7, 11) is 0. The highest BCUT2D eigenvalue weighted by Gasteiger charge is 2.17. The minimum Gasteiger partial charge on any atom is -0.480 e. The SMILES string of the molecule is O=C(O)C(Cc1ccccc1)SCCCO. The smallest absolute Gasteiger partial charge is 0.316 e. The fourth-order valence-electron chi connectivity index (χ4n) is 1.34. The first kappa shape index (κ1) is 13.1. The van der Waals surface area contributed by atoms with Gasteiger partial charge >= 0.3 is 5.97 Å². The molecule has 16 heavy (non-hydrogen) atoms. The number of hydrogen-bond donors (Lipinski definition) is 2. The Hall–Kier alpha value is -1.00. The molecule has 0 heterocycles. The lowest BCUT2D eigenvalue weighted by molar-refractivity contribution is -0.136. The van der Waals surface area contributed by atoms with Crippen LogP contribution in [0.2, 0.25) is 0 Å². The maximum Gasteiger partial charge on any atom is 0.316 e. The zero-order valence-corrected chi connectivity index (χ0v) is 9.82. The maximum absolute atomic E-state index is 11.0. The number of benzene rings is 1. The number of rotatable bonds is 7. The van der Waals surface area contributed by atoms with Gasteiger partial charge in [0, 0.05) is 6.61 Å². The van der Waals surface area contributed by atoms with Crippen molar-refractivity contribution >= 4 is 17.7 Å². The van der Waals surface area contributed by atoms with Gasteiger partial charge in [-0.2, -0.15) is 0 Å². The zero-order valence-electron chi connectivity index (χ0n) is 9.00. The number of aliphatic hydroxyl groups excluding tert-OH is 1. The fourth-order valence-corrected chi connectivity index (χ4v) is 2.37. The average molecular weight is 240 g/mol. The highest BCUT2D eigenvalue weighted by molar-refractivity contribution is 8.00. The molecule has 0 saturated carbocycles. The molecule has 0 aliphatic heterocycles. The molecular formula is C12H16O3S. The van der Waals surface area contributed by atoms with Gasteiger partial charge in [0.1, 0.15) is 5.25 Å². The summed E-state index contributed by atoms with van der Waals surface area (Å²) in [6.45, 7) is 0.116. The monoisotopic (exact) mass is 240 g/mol. The Labute approximate surface area is 99.5 Å². The first-order chi connectivity index (χ1) is 7.74. The summed E-state index contributed by atoms with van der Waals surface area (Å²) in [4.78, 5) is 11.0. The van der Waals surface area contributed by atoms with E-state index >= 15 is 0 Å². The van der Waals surface area contributed by atoms with Crippen LogP contribution in [0.15, 0.2) is 30.3 Å². The van der Waals surface area contributed by atoms with Gasteiger partial charge in [0.15, 0.2) is 0 Å². The molecule has 1 aromatic rings. The van der Waals surface area contributed by atoms with E-state index in [-0.39, 0.29) is 6.61 Å². The van der Waals surface area contributed by atoms with Crippen molar-refractivity contribution in [1.29, 1.82) is 0 Å². The molecule has 88 valence electrons. The molecule has 0 aromatic heterocycles. The van der Waals surface area contributed by atoms with Crippen molar-refractivity contribution in [1.82, 2.24) is 0 Å². The van der Waals surface area contributed by atoms with Crippen LogP contribution in [0, 0.1) is 0 Å². The quantitative estimate of drug-likeness (QED) is 0.713. The predicted octanol–water partition coefficient (Wildman–Crippen LogP) is 1.80. The van der Waals surface area contributed by atoms with E-state index in [1.54, 1.807) is 0 Å². The zero-order chi connectivity index (χ0) is 11.8. The van der Waals surface area contributed by atoms with Crippen LogP contribution in [0.5, 0.6) is 0 Å². The average Bonchev–Trinajstić information content (AvgIpc) is 2.29. The van der Waals surface area contributed by atoms with Crippen LogP contribution in [0.4, 0.5) is 0 Å². The Morgan fingerprint density at radius 1 is 1.31 bits per heavy atom. The van der Waals surface area contributed by atoms with Crippen LogP contribution in [0.1, 0.15) is 12.0 Å². The Bertz CT molecular complexity index is 313. The van der Waals surface area contributed by atoms with Gasteiger partial charge in [0.25, 0.3) is 0 Å². The molecule has 1 aromatic carbocycles. The topological polar surface area (TPSA) is 57.5 Å². The van der Waals surface area contributed by atoms with Crippen molar-refractivity contribution in [3.05, 3.63) is 35.9 Å². The lowest BCUT2D eigenvalue weighted by Gasteiger charge is -2.11. The number of aliphatic hydroxyl groups is 1. The molecule has 4 heteroatoms. The van der Waals surface area contributed by atoms with Crippen molar-refractivity contribution in [3.63, 3.8) is 0 Å². The van der Waals surface area contributed by atoms with Crippen molar-refractivity contribution in [2.24, 2.45) is 0 Å². The van der Waals surface area contributed by atoms with E-state index in [4.69, 9.17) is 10.2 Å². The Balaban J connectivity index is 2.48. The number of carboxylic acid groups (broad SMARTS) is 1. The standard InChI is InChI=1S/C12H16O3S/c13-7-4-8-16-11(12(14)15)9-10-5-2-1-3-6-10/h1-3,5-6,11,13H,4,7-9H2,(H,14,15). The Morgan fingerprint density at radius 3 is 2.56 bits per heavy atom. The molecule has 0 fully saturated rings. The van der Waals surface area contributed by atoms with Gasteiger partial charge in [0.05, 0.1) is 0 Å². The first-order valence-electron chi connectivity index (χ1n) is 5.23. The Kier molecular flexibility index (Phi) is 5.96. The third kappa shape index (κ3) is 4.68. The highest BCUT2D eigenvalue weighted by atomic mass is 32.2. The second-order valence-corrected chi connectivity index (χ2v) is 4.78. The van der Waals surface area contributed by atoms with Crippen molar-refractivity contribution < 1.29 is 15.0 Å². The largest absolute Gasteiger partial charge is 0.480 e. The van der Waals surface area contributed by atoms with E-state index in [9.17, 15) is 4.79 Å². The summed E-state index contributed by atoms with van der Waals surface area (Å²) in [6.07, 6.45) is 1.18. The Morgan fingerprint density at radius 2 is 2.00 bits per heavy atom. The van der Waals surface area contributed by atoms with E-state index in [0.717, 1.165) is 5.56 Å². The number of carbonyl (C=O) groups is 1. The van der Waals surface area contributed by atoms with E-state index in [0.29, 0.717) is 18.6 Å². The summed E-state index contributed by atoms with van der Waals surface area (Å²) in [5.41, 5.74) is 1.03. The first-order valence-corrected chi connectivity index (χ1v) is 6.28. The molecule has 3 nitrogen and oxygen atoms in total. The summed E-state index contributed by atoms with van der Waals surface area (Å²) >= 11 is 1.39. The molecular weight excluding hydrogens is 224 g/mol. The van der Waals surface area contributed by atoms with E-state index in [1.807, 2.05) is 30.3 Å². The lowest BCUT2D eigenvalue weighted by Crippen LogP contribution is -2.19. The van der Waals surface area contributed by atoms with E-state index in [1.165, 1.54) is 11.8 Å². The van der Waals surface area contributed by atoms with Gasteiger partial charge in [-0.15, -0.1) is 11.8 Å². The number of hydrogen-bond acceptors (Lipinski definition) is 3. The number of thioether (sulfide) groups is 1. The van der Waals surface area contributed by atoms with Crippen LogP contribution < -0.4 is 0 Å². The molecule has 0 radical (unpaired) electrons. The van der Waals surface area contributed by atoms with Crippen LogP contribution in [0.3, 0.4) is 0 Å². The van der Waals surface area contributed by atoms with Crippen molar-refractivity contribution in [2.75, 3.05) is 12.4 Å². The third-order valence-corrected chi connectivity index (χ3v) is 3.46. The summed E-state index contributed by atoms with van der Waals surface area (Å²) < 4.78 is 0. The second-order valence-electron chi connectivity index (χ2n) is 3.46. The molecule has 0 spiro atoms. The van der Waals surface area contributed by atoms with E-state index in [2.05, 4.69) is 0 Å². The highest BCUT2D eigenvalue weighted by Crippen LogP contribution is 2.17. The fraction of sp³-hybridized carbons (Fsp3) is 0.417. The van der Waals surface area contributed by atoms with Crippen LogP contribution in [-0.2, 0) is 11.2 Å². The molecule has 1 rings (SSSR count). The summed E-state index contributed by atoms with van der Waals surface area (Å²) in [5, 5.41) is 17.3. The minimum atomic E-state index is -0.785. The predicted molar refractivity (Wildman–Crippen MR) is 65.7 cm³/mol. The van der Waals surface area contributed by atoms with Crippen LogP contribution in [0.25, 0.3) is 0 Å². The van der Waals surface area contributed by atoms with Crippen LogP contribution >= 0.6 is 11.8 Å². The van der Waals surface area contributed by atoms with Gasteiger partial charge in [-0.3, -0.25) is 4.79 Å². The van der Waals surface area contributed by atoms with Gasteiger partial charge in [-0.05, 0) is 24.2 Å². The number of aliphatic carboxylic acids is 1. The lowest BCUT2D eigenvalue weighted by atomic mass is 10.1. The van der Waals surface area contributed by atoms with E-state index < -0.39 is 11.2 Å². The van der Waals surface area contributed by atoms with Gasteiger partial charge < -0.3 is 10.2 Å². The molecule has 2 N–H and O–H groups in total. The van der Waals surface area contributed by atoms with Crippen LogP contribution in [-0.4, -0.2) is 33.8 Å². The molecule has 0 aliphatic carbocycles. The second kappa shape index (κ2) is 7.30. The summed E-state index contributed by atoms with van der Waals surface area (Å²) in [6, 6.07) is 9.60.